The van der Waals surface area contributed by atoms with Crippen molar-refractivity contribution < 1.29 is 8.42 Å². The zero-order valence-corrected chi connectivity index (χ0v) is 14.4. The smallest absolute Gasteiger partial charge is 0.226 e. The summed E-state index contributed by atoms with van der Waals surface area (Å²) >= 11 is 7.14. The Kier molecular flexibility index (Phi) is 4.33. The molecular formula is C13H12ClN5O2S2. The van der Waals surface area contributed by atoms with Crippen molar-refractivity contribution in [2.75, 3.05) is 12.0 Å². The first-order chi connectivity index (χ1) is 11.0. The molecule has 0 atom stereocenters. The van der Waals surface area contributed by atoms with Crippen molar-refractivity contribution in [2.45, 2.75) is 16.8 Å². The number of anilines is 1. The first kappa shape index (κ1) is 15.9. The van der Waals surface area contributed by atoms with Crippen LogP contribution in [0, 0.1) is 6.92 Å². The van der Waals surface area contributed by atoms with Gasteiger partial charge in [-0.25, -0.2) is 13.4 Å². The highest BCUT2D eigenvalue weighted by atomic mass is 35.5. The Balaban J connectivity index is 1.89. The third-order valence-corrected chi connectivity index (χ3v) is 6.10. The van der Waals surface area contributed by atoms with Gasteiger partial charge in [0.15, 0.2) is 5.03 Å². The van der Waals surface area contributed by atoms with Crippen molar-refractivity contribution in [1.82, 2.24) is 9.99 Å². The lowest BCUT2D eigenvalue weighted by atomic mass is 10.2. The Bertz CT molecular complexity index is 874. The van der Waals surface area contributed by atoms with E-state index >= 15 is 0 Å². The summed E-state index contributed by atoms with van der Waals surface area (Å²) in [7, 11) is -3.76. The van der Waals surface area contributed by atoms with E-state index in [-0.39, 0.29) is 14.3 Å². The molecule has 0 unspecified atom stereocenters. The number of benzene rings is 1. The van der Waals surface area contributed by atoms with E-state index in [1.165, 1.54) is 6.34 Å². The molecule has 2 heterocycles. The van der Waals surface area contributed by atoms with Gasteiger partial charge in [0.05, 0.1) is 11.4 Å². The maximum atomic E-state index is 12.6. The molecule has 1 aliphatic heterocycles. The average molecular weight is 370 g/mol. The molecule has 0 radical (unpaired) electrons. The molecule has 120 valence electrons. The molecule has 1 aliphatic rings. The lowest BCUT2D eigenvalue weighted by Gasteiger charge is -2.18. The van der Waals surface area contributed by atoms with Crippen LogP contribution < -0.4 is 5.43 Å². The number of halogens is 1. The average Bonchev–Trinajstić information content (AvgIpc) is 2.90. The standard InChI is InChI=1S/C13H12ClN5O2S2/c1-9-2-4-10(5-3-9)23(20,21)12-11(14)22-13(17-12)18-19-7-6-15-16-8-19/h2-6,8H,7H2,1H3,(H,17,18). The number of aryl methyl sites for hydroxylation is 1. The van der Waals surface area contributed by atoms with Crippen molar-refractivity contribution >= 4 is 50.5 Å². The van der Waals surface area contributed by atoms with E-state index in [1.54, 1.807) is 35.5 Å². The molecule has 0 fully saturated rings. The molecule has 0 amide bonds. The SMILES string of the molecule is Cc1ccc(S(=O)(=O)c2nc(NN3C=NN=CC3)sc2Cl)cc1. The van der Waals surface area contributed by atoms with E-state index in [0.717, 1.165) is 16.9 Å². The summed E-state index contributed by atoms with van der Waals surface area (Å²) < 4.78 is 25.4. The maximum absolute atomic E-state index is 12.6. The Labute approximate surface area is 142 Å². The minimum absolute atomic E-state index is 0.107. The maximum Gasteiger partial charge on any atom is 0.226 e. The van der Waals surface area contributed by atoms with Crippen LogP contribution in [-0.4, -0.2) is 37.5 Å². The van der Waals surface area contributed by atoms with Gasteiger partial charge in [-0.15, -0.1) is 5.10 Å². The van der Waals surface area contributed by atoms with Gasteiger partial charge in [-0.05, 0) is 19.1 Å². The number of nitrogens with zero attached hydrogens (tertiary/aromatic N) is 4. The number of hydrogen-bond donors (Lipinski definition) is 1. The van der Waals surface area contributed by atoms with Crippen LogP contribution in [0.4, 0.5) is 5.13 Å². The van der Waals surface area contributed by atoms with Gasteiger partial charge in [0.25, 0.3) is 0 Å². The lowest BCUT2D eigenvalue weighted by molar-refractivity contribution is 0.576. The number of nitrogens with one attached hydrogen (secondary N) is 1. The molecule has 1 aromatic heterocycles. The second-order valence-electron chi connectivity index (χ2n) is 4.71. The molecule has 10 heteroatoms. The molecular weight excluding hydrogens is 358 g/mol. The first-order valence-electron chi connectivity index (χ1n) is 6.53. The summed E-state index contributed by atoms with van der Waals surface area (Å²) in [6.45, 7) is 2.37. The molecule has 2 aromatic rings. The van der Waals surface area contributed by atoms with E-state index < -0.39 is 9.84 Å². The Morgan fingerprint density at radius 1 is 1.26 bits per heavy atom. The summed E-state index contributed by atoms with van der Waals surface area (Å²) in [6.07, 6.45) is 3.08. The van der Waals surface area contributed by atoms with Crippen LogP contribution in [0.25, 0.3) is 0 Å². The van der Waals surface area contributed by atoms with Crippen LogP contribution in [0.5, 0.6) is 0 Å². The summed E-state index contributed by atoms with van der Waals surface area (Å²) in [4.78, 5) is 4.27. The summed E-state index contributed by atoms with van der Waals surface area (Å²) in [6, 6.07) is 6.55. The van der Waals surface area contributed by atoms with E-state index in [9.17, 15) is 8.42 Å². The highest BCUT2D eigenvalue weighted by molar-refractivity contribution is 7.91. The van der Waals surface area contributed by atoms with Crippen molar-refractivity contribution in [2.24, 2.45) is 10.2 Å². The molecule has 0 spiro atoms. The number of hydrazine groups is 1. The monoisotopic (exact) mass is 369 g/mol. The Morgan fingerprint density at radius 2 is 2.00 bits per heavy atom. The largest absolute Gasteiger partial charge is 0.272 e. The van der Waals surface area contributed by atoms with Crippen LogP contribution in [-0.2, 0) is 9.84 Å². The normalized spacial score (nSPS) is 14.3. The zero-order valence-electron chi connectivity index (χ0n) is 12.0. The van der Waals surface area contributed by atoms with Gasteiger partial charge in [-0.2, -0.15) is 5.10 Å². The number of sulfone groups is 1. The fraction of sp³-hybridized carbons (Fsp3) is 0.154. The summed E-state index contributed by atoms with van der Waals surface area (Å²) in [5, 5.41) is 9.25. The Morgan fingerprint density at radius 3 is 2.65 bits per heavy atom. The topological polar surface area (TPSA) is 87.0 Å². The number of hydrogen-bond acceptors (Lipinski definition) is 8. The first-order valence-corrected chi connectivity index (χ1v) is 9.21. The molecule has 0 saturated heterocycles. The van der Waals surface area contributed by atoms with Gasteiger partial charge < -0.3 is 0 Å². The van der Waals surface area contributed by atoms with Crippen LogP contribution in [0.15, 0.2) is 44.4 Å². The van der Waals surface area contributed by atoms with Crippen LogP contribution in [0.3, 0.4) is 0 Å². The molecule has 0 saturated carbocycles. The van der Waals surface area contributed by atoms with Gasteiger partial charge >= 0.3 is 0 Å². The predicted molar refractivity (Wildman–Crippen MR) is 91.1 cm³/mol. The summed E-state index contributed by atoms with van der Waals surface area (Å²) in [5.41, 5.74) is 3.90. The zero-order chi connectivity index (χ0) is 16.4. The van der Waals surface area contributed by atoms with Crippen LogP contribution >= 0.6 is 22.9 Å². The molecule has 7 nitrogen and oxygen atoms in total. The van der Waals surface area contributed by atoms with E-state index in [2.05, 4.69) is 20.6 Å². The second kappa shape index (κ2) is 6.26. The minimum Gasteiger partial charge on any atom is -0.272 e. The molecule has 0 aliphatic carbocycles. The van der Waals surface area contributed by atoms with Gasteiger partial charge in [0.1, 0.15) is 10.7 Å². The number of rotatable bonds is 4. The third kappa shape index (κ3) is 3.36. The number of thiazole rings is 1. The Hall–Kier alpha value is -1.97. The predicted octanol–water partition coefficient (Wildman–Crippen LogP) is 2.59. The van der Waals surface area contributed by atoms with Crippen LogP contribution in [0.1, 0.15) is 5.56 Å². The molecule has 3 rings (SSSR count). The number of aromatic nitrogens is 1. The van der Waals surface area contributed by atoms with Gasteiger partial charge in [0, 0.05) is 6.21 Å². The summed E-state index contributed by atoms with van der Waals surface area (Å²) in [5.74, 6) is 0. The van der Waals surface area contributed by atoms with Gasteiger partial charge in [-0.3, -0.25) is 10.4 Å². The fourth-order valence-electron chi connectivity index (χ4n) is 1.84. The van der Waals surface area contributed by atoms with Crippen LogP contribution in [0.2, 0.25) is 4.34 Å². The molecule has 1 N–H and O–H groups in total. The van der Waals surface area contributed by atoms with Gasteiger partial charge in [-0.1, -0.05) is 40.6 Å². The third-order valence-electron chi connectivity index (χ3n) is 3.00. The van der Waals surface area contributed by atoms with E-state index in [4.69, 9.17) is 11.6 Å². The van der Waals surface area contributed by atoms with Gasteiger partial charge in [0.2, 0.25) is 15.0 Å². The lowest BCUT2D eigenvalue weighted by Crippen LogP contribution is -2.31. The minimum atomic E-state index is -3.76. The van der Waals surface area contributed by atoms with Crippen molar-refractivity contribution in [1.29, 1.82) is 0 Å². The van der Waals surface area contributed by atoms with E-state index in [0.29, 0.717) is 11.7 Å². The molecule has 1 aromatic carbocycles. The highest BCUT2D eigenvalue weighted by Crippen LogP contribution is 2.34. The van der Waals surface area contributed by atoms with E-state index in [1.807, 2.05) is 6.92 Å². The highest BCUT2D eigenvalue weighted by Gasteiger charge is 2.26. The fourth-order valence-corrected chi connectivity index (χ4v) is 4.66. The quantitative estimate of drug-likeness (QED) is 0.895. The molecule has 23 heavy (non-hydrogen) atoms. The molecule has 0 bridgehead atoms. The van der Waals surface area contributed by atoms with Crippen molar-refractivity contribution in [3.05, 3.63) is 34.2 Å². The van der Waals surface area contributed by atoms with Crippen molar-refractivity contribution in [3.63, 3.8) is 0 Å². The second-order valence-corrected chi connectivity index (χ2v) is 8.17. The van der Waals surface area contributed by atoms with Crippen molar-refractivity contribution in [3.8, 4) is 0 Å².